The van der Waals surface area contributed by atoms with Crippen LogP contribution in [0.25, 0.3) is 11.0 Å². The molecule has 2 heterocycles. The SMILES string of the molecule is CN(C)CCc1cn(S(=O)(=O)c2ccccc2F)c2ncccc12. The molecule has 24 heavy (non-hydrogen) atoms. The third kappa shape index (κ3) is 2.92. The lowest BCUT2D eigenvalue weighted by Crippen LogP contribution is -2.15. The van der Waals surface area contributed by atoms with Crippen LogP contribution in [-0.2, 0) is 16.4 Å². The molecule has 3 rings (SSSR count). The van der Waals surface area contributed by atoms with Crippen LogP contribution < -0.4 is 0 Å². The summed E-state index contributed by atoms with van der Waals surface area (Å²) in [7, 11) is -0.145. The lowest BCUT2D eigenvalue weighted by molar-refractivity contribution is 0.414. The van der Waals surface area contributed by atoms with E-state index in [1.807, 2.05) is 25.1 Å². The summed E-state index contributed by atoms with van der Waals surface area (Å²) in [5.41, 5.74) is 1.18. The summed E-state index contributed by atoms with van der Waals surface area (Å²) in [6, 6.07) is 8.96. The van der Waals surface area contributed by atoms with Gasteiger partial charge in [-0.2, -0.15) is 0 Å². The van der Waals surface area contributed by atoms with E-state index in [0.29, 0.717) is 12.1 Å². The fraction of sp³-hybridized carbons (Fsp3) is 0.235. The first kappa shape index (κ1) is 16.6. The number of hydrogen-bond acceptors (Lipinski definition) is 4. The first-order valence-electron chi connectivity index (χ1n) is 7.51. The monoisotopic (exact) mass is 347 g/mol. The molecule has 1 aromatic carbocycles. The molecule has 0 saturated heterocycles. The van der Waals surface area contributed by atoms with E-state index in [1.165, 1.54) is 24.4 Å². The minimum atomic E-state index is -4.05. The largest absolute Gasteiger partial charge is 0.309 e. The Kier molecular flexibility index (Phi) is 4.38. The molecule has 0 amide bonds. The van der Waals surface area contributed by atoms with Crippen LogP contribution in [-0.4, -0.2) is 42.9 Å². The van der Waals surface area contributed by atoms with E-state index in [9.17, 15) is 12.8 Å². The normalized spacial score (nSPS) is 12.2. The van der Waals surface area contributed by atoms with Gasteiger partial charge < -0.3 is 4.90 Å². The molecule has 126 valence electrons. The van der Waals surface area contributed by atoms with Gasteiger partial charge in [-0.1, -0.05) is 12.1 Å². The Hall–Kier alpha value is -2.25. The van der Waals surface area contributed by atoms with Crippen LogP contribution in [0.4, 0.5) is 4.39 Å². The van der Waals surface area contributed by atoms with E-state index in [0.717, 1.165) is 27.5 Å². The number of aromatic nitrogens is 2. The summed E-state index contributed by atoms with van der Waals surface area (Å²) in [5.74, 6) is -0.773. The van der Waals surface area contributed by atoms with Crippen molar-refractivity contribution in [2.75, 3.05) is 20.6 Å². The van der Waals surface area contributed by atoms with Gasteiger partial charge in [0.15, 0.2) is 5.65 Å². The highest BCUT2D eigenvalue weighted by Crippen LogP contribution is 2.26. The van der Waals surface area contributed by atoms with E-state index in [4.69, 9.17) is 0 Å². The molecule has 0 aliphatic carbocycles. The van der Waals surface area contributed by atoms with Crippen molar-refractivity contribution in [1.82, 2.24) is 13.9 Å². The smallest absolute Gasteiger partial charge is 0.272 e. The topological polar surface area (TPSA) is 55.2 Å². The molecule has 0 atom stereocenters. The van der Waals surface area contributed by atoms with Gasteiger partial charge in [-0.3, -0.25) is 0 Å². The highest BCUT2D eigenvalue weighted by atomic mass is 32.2. The molecular weight excluding hydrogens is 329 g/mol. The van der Waals surface area contributed by atoms with Crippen LogP contribution in [0.15, 0.2) is 53.7 Å². The van der Waals surface area contributed by atoms with E-state index >= 15 is 0 Å². The number of halogens is 1. The molecule has 2 aromatic heterocycles. The Labute approximate surface area is 140 Å². The average molecular weight is 347 g/mol. The van der Waals surface area contributed by atoms with Gasteiger partial charge in [0.05, 0.1) is 0 Å². The number of hydrogen-bond donors (Lipinski definition) is 0. The van der Waals surface area contributed by atoms with Crippen molar-refractivity contribution < 1.29 is 12.8 Å². The van der Waals surface area contributed by atoms with Crippen LogP contribution in [0, 0.1) is 5.82 Å². The zero-order chi connectivity index (χ0) is 17.3. The van der Waals surface area contributed by atoms with E-state index in [-0.39, 0.29) is 4.90 Å². The Morgan fingerprint density at radius 1 is 1.17 bits per heavy atom. The lowest BCUT2D eigenvalue weighted by atomic mass is 10.1. The highest BCUT2D eigenvalue weighted by molar-refractivity contribution is 7.90. The van der Waals surface area contributed by atoms with Crippen molar-refractivity contribution in [3.05, 3.63) is 60.2 Å². The Balaban J connectivity index is 2.18. The molecule has 7 heteroatoms. The summed E-state index contributed by atoms with van der Waals surface area (Å²) >= 11 is 0. The van der Waals surface area contributed by atoms with Gasteiger partial charge in [0.1, 0.15) is 10.7 Å². The van der Waals surface area contributed by atoms with Crippen LogP contribution in [0.2, 0.25) is 0 Å². The molecule has 0 radical (unpaired) electrons. The molecular formula is C17H18FN3O2S. The molecule has 0 unspecified atom stereocenters. The molecule has 0 saturated carbocycles. The average Bonchev–Trinajstić information content (AvgIpc) is 2.93. The predicted octanol–water partition coefficient (Wildman–Crippen LogP) is 2.52. The Morgan fingerprint density at radius 2 is 1.92 bits per heavy atom. The quantitative estimate of drug-likeness (QED) is 0.712. The zero-order valence-corrected chi connectivity index (χ0v) is 14.3. The van der Waals surface area contributed by atoms with Crippen molar-refractivity contribution in [1.29, 1.82) is 0 Å². The maximum atomic E-state index is 14.0. The van der Waals surface area contributed by atoms with Crippen LogP contribution in [0.5, 0.6) is 0 Å². The standard InChI is InChI=1S/C17H18FN3O2S/c1-20(2)11-9-13-12-21(17-14(13)6-5-10-19-17)24(22,23)16-8-4-3-7-15(16)18/h3-8,10,12H,9,11H2,1-2H3. The molecule has 0 aliphatic rings. The van der Waals surface area contributed by atoms with Crippen molar-refractivity contribution >= 4 is 21.1 Å². The maximum Gasteiger partial charge on any atom is 0.272 e. The van der Waals surface area contributed by atoms with E-state index in [2.05, 4.69) is 4.98 Å². The minimum Gasteiger partial charge on any atom is -0.309 e. The van der Waals surface area contributed by atoms with Crippen molar-refractivity contribution in [3.8, 4) is 0 Å². The highest BCUT2D eigenvalue weighted by Gasteiger charge is 2.24. The van der Waals surface area contributed by atoms with Gasteiger partial charge >= 0.3 is 0 Å². The van der Waals surface area contributed by atoms with Gasteiger partial charge in [0.25, 0.3) is 10.0 Å². The van der Waals surface area contributed by atoms with Crippen LogP contribution in [0.1, 0.15) is 5.56 Å². The number of benzene rings is 1. The number of pyridine rings is 1. The summed E-state index contributed by atoms with van der Waals surface area (Å²) in [6.07, 6.45) is 3.75. The molecule has 0 bridgehead atoms. The maximum absolute atomic E-state index is 14.0. The first-order valence-corrected chi connectivity index (χ1v) is 8.95. The zero-order valence-electron chi connectivity index (χ0n) is 13.5. The fourth-order valence-corrected chi connectivity index (χ4v) is 4.00. The Morgan fingerprint density at radius 3 is 2.62 bits per heavy atom. The molecule has 0 aliphatic heterocycles. The van der Waals surface area contributed by atoms with Gasteiger partial charge in [0.2, 0.25) is 0 Å². The van der Waals surface area contributed by atoms with E-state index in [1.54, 1.807) is 12.3 Å². The van der Waals surface area contributed by atoms with Crippen molar-refractivity contribution in [2.24, 2.45) is 0 Å². The number of fused-ring (bicyclic) bond motifs is 1. The number of rotatable bonds is 5. The summed E-state index contributed by atoms with van der Waals surface area (Å²) < 4.78 is 40.9. The van der Waals surface area contributed by atoms with E-state index < -0.39 is 15.8 Å². The predicted molar refractivity (Wildman–Crippen MR) is 91.0 cm³/mol. The summed E-state index contributed by atoms with van der Waals surface area (Å²) in [4.78, 5) is 5.86. The van der Waals surface area contributed by atoms with Gasteiger partial charge in [0, 0.05) is 24.3 Å². The molecule has 0 N–H and O–H groups in total. The van der Waals surface area contributed by atoms with Crippen LogP contribution >= 0.6 is 0 Å². The molecule has 3 aromatic rings. The fourth-order valence-electron chi connectivity index (χ4n) is 2.58. The minimum absolute atomic E-state index is 0.314. The van der Waals surface area contributed by atoms with Gasteiger partial charge in [-0.25, -0.2) is 21.8 Å². The van der Waals surface area contributed by atoms with Crippen LogP contribution in [0.3, 0.4) is 0 Å². The van der Waals surface area contributed by atoms with Crippen molar-refractivity contribution in [2.45, 2.75) is 11.3 Å². The second-order valence-corrected chi connectivity index (χ2v) is 7.60. The second kappa shape index (κ2) is 6.33. The number of likely N-dealkylation sites (N-methyl/N-ethyl adjacent to an activating group) is 1. The van der Waals surface area contributed by atoms with Gasteiger partial charge in [-0.05, 0) is 50.3 Å². The second-order valence-electron chi connectivity index (χ2n) is 5.81. The third-order valence-electron chi connectivity index (χ3n) is 3.82. The molecule has 0 spiro atoms. The lowest BCUT2D eigenvalue weighted by Gasteiger charge is -2.08. The summed E-state index contributed by atoms with van der Waals surface area (Å²) in [5, 5.41) is 0.763. The third-order valence-corrected chi connectivity index (χ3v) is 5.50. The first-order chi connectivity index (χ1) is 11.4. The molecule has 5 nitrogen and oxygen atoms in total. The molecule has 0 fully saturated rings. The van der Waals surface area contributed by atoms with Gasteiger partial charge in [-0.15, -0.1) is 0 Å². The Bertz CT molecular complexity index is 980. The summed E-state index contributed by atoms with van der Waals surface area (Å²) in [6.45, 7) is 0.772. The number of nitrogens with zero attached hydrogens (tertiary/aromatic N) is 3. The van der Waals surface area contributed by atoms with Crippen molar-refractivity contribution in [3.63, 3.8) is 0 Å².